The van der Waals surface area contributed by atoms with Crippen molar-refractivity contribution >= 4 is 11.4 Å². The Morgan fingerprint density at radius 1 is 1.45 bits per heavy atom. The van der Waals surface area contributed by atoms with Crippen LogP contribution in [-0.2, 0) is 13.0 Å². The largest absolute Gasteiger partial charge is 0.360 e. The van der Waals surface area contributed by atoms with Crippen molar-refractivity contribution in [1.29, 1.82) is 0 Å². The molecule has 20 heavy (non-hydrogen) atoms. The standard InChI is InChI=1S/C13H16N4O3/c1-4-12-14-13(20-15-12)8-16(3)10-6-5-9(2)7-11(10)17(18)19/h5-7H,4,8H2,1-3H3. The fourth-order valence-corrected chi connectivity index (χ4v) is 1.89. The van der Waals surface area contributed by atoms with Gasteiger partial charge in [0.05, 0.1) is 11.5 Å². The molecule has 0 radical (unpaired) electrons. The first-order valence-corrected chi connectivity index (χ1v) is 6.29. The summed E-state index contributed by atoms with van der Waals surface area (Å²) in [4.78, 5) is 16.6. The van der Waals surface area contributed by atoms with E-state index < -0.39 is 0 Å². The molecule has 0 unspecified atom stereocenters. The average molecular weight is 276 g/mol. The number of hydrogen-bond acceptors (Lipinski definition) is 6. The normalized spacial score (nSPS) is 10.6. The zero-order valence-electron chi connectivity index (χ0n) is 11.7. The number of nitrogens with zero attached hydrogens (tertiary/aromatic N) is 4. The van der Waals surface area contributed by atoms with Crippen LogP contribution in [-0.4, -0.2) is 22.1 Å². The summed E-state index contributed by atoms with van der Waals surface area (Å²) in [7, 11) is 1.76. The highest BCUT2D eigenvalue weighted by molar-refractivity contribution is 5.63. The highest BCUT2D eigenvalue weighted by Crippen LogP contribution is 2.29. The second-order valence-electron chi connectivity index (χ2n) is 4.56. The van der Waals surface area contributed by atoms with Gasteiger partial charge in [0.15, 0.2) is 5.82 Å². The Kier molecular flexibility index (Phi) is 3.97. The number of aryl methyl sites for hydroxylation is 2. The Hall–Kier alpha value is -2.44. The minimum Gasteiger partial charge on any atom is -0.360 e. The number of aromatic nitrogens is 2. The number of rotatable bonds is 5. The Bertz CT molecular complexity index is 624. The fraction of sp³-hybridized carbons (Fsp3) is 0.385. The van der Waals surface area contributed by atoms with Gasteiger partial charge in [-0.1, -0.05) is 18.1 Å². The lowest BCUT2D eigenvalue weighted by Crippen LogP contribution is -2.18. The molecule has 0 fully saturated rings. The summed E-state index contributed by atoms with van der Waals surface area (Å²) in [6, 6.07) is 5.12. The molecule has 7 heteroatoms. The molecule has 0 spiro atoms. The van der Waals surface area contributed by atoms with E-state index in [2.05, 4.69) is 10.1 Å². The van der Waals surface area contributed by atoms with E-state index in [-0.39, 0.29) is 10.6 Å². The van der Waals surface area contributed by atoms with Crippen molar-refractivity contribution in [2.75, 3.05) is 11.9 Å². The van der Waals surface area contributed by atoms with E-state index in [1.807, 2.05) is 19.9 Å². The van der Waals surface area contributed by atoms with E-state index in [0.717, 1.165) is 5.56 Å². The summed E-state index contributed by atoms with van der Waals surface area (Å²) >= 11 is 0. The van der Waals surface area contributed by atoms with Gasteiger partial charge in [0, 0.05) is 19.5 Å². The third kappa shape index (κ3) is 2.93. The monoisotopic (exact) mass is 276 g/mol. The fourth-order valence-electron chi connectivity index (χ4n) is 1.89. The minimum absolute atomic E-state index is 0.0720. The van der Waals surface area contributed by atoms with Gasteiger partial charge >= 0.3 is 0 Å². The molecule has 106 valence electrons. The Balaban J connectivity index is 2.24. The maximum Gasteiger partial charge on any atom is 0.292 e. The first kappa shape index (κ1) is 14.0. The smallest absolute Gasteiger partial charge is 0.292 e. The van der Waals surface area contributed by atoms with Crippen molar-refractivity contribution in [3.8, 4) is 0 Å². The maximum atomic E-state index is 11.1. The van der Waals surface area contributed by atoms with E-state index in [0.29, 0.717) is 30.4 Å². The summed E-state index contributed by atoms with van der Waals surface area (Å²) in [6.07, 6.45) is 0.692. The van der Waals surface area contributed by atoms with E-state index in [1.165, 1.54) is 0 Å². The lowest BCUT2D eigenvalue weighted by Gasteiger charge is -2.17. The van der Waals surface area contributed by atoms with Crippen LogP contribution in [0, 0.1) is 17.0 Å². The van der Waals surface area contributed by atoms with E-state index in [9.17, 15) is 10.1 Å². The van der Waals surface area contributed by atoms with Crippen LogP contribution in [0.4, 0.5) is 11.4 Å². The van der Waals surface area contributed by atoms with Gasteiger partial charge in [0.1, 0.15) is 5.69 Å². The number of nitro benzene ring substituents is 1. The number of hydrogen-bond donors (Lipinski definition) is 0. The second-order valence-corrected chi connectivity index (χ2v) is 4.56. The lowest BCUT2D eigenvalue weighted by atomic mass is 10.2. The van der Waals surface area contributed by atoms with Gasteiger partial charge in [0.25, 0.3) is 5.69 Å². The Morgan fingerprint density at radius 2 is 2.20 bits per heavy atom. The van der Waals surface area contributed by atoms with Crippen LogP contribution in [0.15, 0.2) is 22.7 Å². The quantitative estimate of drug-likeness (QED) is 0.616. The molecule has 0 bridgehead atoms. The summed E-state index contributed by atoms with van der Waals surface area (Å²) in [5.74, 6) is 1.08. The van der Waals surface area contributed by atoms with E-state index in [4.69, 9.17) is 4.52 Å². The average Bonchev–Trinajstić information content (AvgIpc) is 2.86. The predicted octanol–water partition coefficient (Wildman–Crippen LogP) is 2.49. The van der Waals surface area contributed by atoms with Gasteiger partial charge in [-0.25, -0.2) is 0 Å². The molecular weight excluding hydrogens is 260 g/mol. The maximum absolute atomic E-state index is 11.1. The summed E-state index contributed by atoms with van der Waals surface area (Å²) in [6.45, 7) is 4.09. The van der Waals surface area contributed by atoms with Crippen LogP contribution in [0.1, 0.15) is 24.2 Å². The van der Waals surface area contributed by atoms with Gasteiger partial charge < -0.3 is 9.42 Å². The van der Waals surface area contributed by atoms with Gasteiger partial charge in [-0.2, -0.15) is 4.98 Å². The number of anilines is 1. The number of nitro groups is 1. The molecule has 0 aliphatic carbocycles. The molecule has 1 aromatic heterocycles. The third-order valence-electron chi connectivity index (χ3n) is 2.94. The zero-order valence-corrected chi connectivity index (χ0v) is 11.7. The van der Waals surface area contributed by atoms with Crippen LogP contribution in [0.3, 0.4) is 0 Å². The Morgan fingerprint density at radius 3 is 2.80 bits per heavy atom. The highest BCUT2D eigenvalue weighted by atomic mass is 16.6. The molecule has 0 atom stereocenters. The number of benzene rings is 1. The minimum atomic E-state index is -0.385. The summed E-state index contributed by atoms with van der Waals surface area (Å²) in [5, 5.41) is 14.9. The molecule has 2 aromatic rings. The summed E-state index contributed by atoms with van der Waals surface area (Å²) in [5.41, 5.74) is 1.44. The van der Waals surface area contributed by atoms with Gasteiger partial charge in [-0.05, 0) is 18.6 Å². The van der Waals surface area contributed by atoms with Crippen LogP contribution < -0.4 is 4.90 Å². The first-order valence-electron chi connectivity index (χ1n) is 6.29. The van der Waals surface area contributed by atoms with Crippen molar-refractivity contribution < 1.29 is 9.45 Å². The Labute approximate surface area is 116 Å². The van der Waals surface area contributed by atoms with Crippen molar-refractivity contribution in [3.63, 3.8) is 0 Å². The van der Waals surface area contributed by atoms with Crippen LogP contribution in [0.25, 0.3) is 0 Å². The van der Waals surface area contributed by atoms with Gasteiger partial charge in [-0.3, -0.25) is 10.1 Å². The highest BCUT2D eigenvalue weighted by Gasteiger charge is 2.19. The van der Waals surface area contributed by atoms with Crippen molar-refractivity contribution in [1.82, 2.24) is 10.1 Å². The molecule has 7 nitrogen and oxygen atoms in total. The molecule has 0 aliphatic heterocycles. The van der Waals surface area contributed by atoms with Crippen LogP contribution >= 0.6 is 0 Å². The van der Waals surface area contributed by atoms with Gasteiger partial charge in [0.2, 0.25) is 5.89 Å². The molecule has 0 N–H and O–H groups in total. The molecule has 0 amide bonds. The van der Waals surface area contributed by atoms with Crippen molar-refractivity contribution in [2.24, 2.45) is 0 Å². The van der Waals surface area contributed by atoms with Crippen molar-refractivity contribution in [2.45, 2.75) is 26.8 Å². The van der Waals surface area contributed by atoms with Crippen molar-refractivity contribution in [3.05, 3.63) is 45.6 Å². The topological polar surface area (TPSA) is 85.3 Å². The molecule has 0 aliphatic rings. The SMILES string of the molecule is CCc1noc(CN(C)c2ccc(C)cc2[N+](=O)[O-])n1. The zero-order chi connectivity index (χ0) is 14.7. The predicted molar refractivity (Wildman–Crippen MR) is 73.6 cm³/mol. The van der Waals surface area contributed by atoms with Gasteiger partial charge in [-0.15, -0.1) is 0 Å². The molecule has 1 aromatic carbocycles. The molecule has 0 saturated heterocycles. The molecular formula is C13H16N4O3. The molecule has 1 heterocycles. The molecule has 0 saturated carbocycles. The van der Waals surface area contributed by atoms with Crippen LogP contribution in [0.5, 0.6) is 0 Å². The third-order valence-corrected chi connectivity index (χ3v) is 2.94. The summed E-state index contributed by atoms with van der Waals surface area (Å²) < 4.78 is 5.10. The van der Waals surface area contributed by atoms with E-state index >= 15 is 0 Å². The second kappa shape index (κ2) is 5.68. The first-order chi connectivity index (χ1) is 9.51. The lowest BCUT2D eigenvalue weighted by molar-refractivity contribution is -0.384. The van der Waals surface area contributed by atoms with E-state index in [1.54, 1.807) is 24.1 Å². The molecule has 2 rings (SSSR count). The van der Waals surface area contributed by atoms with Crippen LogP contribution in [0.2, 0.25) is 0 Å².